The highest BCUT2D eigenvalue weighted by Gasteiger charge is 2.35. The van der Waals surface area contributed by atoms with E-state index in [4.69, 9.17) is 5.73 Å². The number of rotatable bonds is 3. The molecule has 4 nitrogen and oxygen atoms in total. The van der Waals surface area contributed by atoms with Crippen molar-refractivity contribution in [3.63, 3.8) is 0 Å². The molecule has 0 radical (unpaired) electrons. The molecule has 2 aliphatic carbocycles. The minimum Gasteiger partial charge on any atom is -0.388 e. The minimum absolute atomic E-state index is 0.0725. The van der Waals surface area contributed by atoms with Gasteiger partial charge in [0.25, 0.3) is 0 Å². The van der Waals surface area contributed by atoms with Crippen molar-refractivity contribution in [3.8, 4) is 0 Å². The molecule has 1 amide bonds. The van der Waals surface area contributed by atoms with Crippen molar-refractivity contribution in [2.24, 2.45) is 11.7 Å². The predicted molar refractivity (Wildman–Crippen MR) is 57.1 cm³/mol. The van der Waals surface area contributed by atoms with Gasteiger partial charge in [0, 0.05) is 18.5 Å². The molecule has 0 aromatic heterocycles. The average Bonchev–Trinajstić information content (AvgIpc) is 2.58. The second kappa shape index (κ2) is 4.10. The summed E-state index contributed by atoms with van der Waals surface area (Å²) in [5, 5.41) is 12.7. The summed E-state index contributed by atoms with van der Waals surface area (Å²) in [6, 6.07) is 0.188. The Bertz CT molecular complexity index is 251. The maximum Gasteiger partial charge on any atom is 0.223 e. The number of carbonyl (C=O) groups is 1. The number of amides is 1. The summed E-state index contributed by atoms with van der Waals surface area (Å²) in [5.74, 6) is 0.145. The summed E-state index contributed by atoms with van der Waals surface area (Å²) in [4.78, 5) is 11.7. The van der Waals surface area contributed by atoms with E-state index in [1.165, 1.54) is 0 Å². The van der Waals surface area contributed by atoms with Crippen LogP contribution in [0.4, 0.5) is 0 Å². The maximum atomic E-state index is 11.7. The van der Waals surface area contributed by atoms with Crippen LogP contribution in [0.2, 0.25) is 0 Å². The van der Waals surface area contributed by atoms with Crippen LogP contribution in [0.25, 0.3) is 0 Å². The molecule has 4 N–H and O–H groups in total. The molecule has 0 spiro atoms. The first-order chi connectivity index (χ1) is 7.09. The van der Waals surface area contributed by atoms with Gasteiger partial charge in [0.15, 0.2) is 0 Å². The van der Waals surface area contributed by atoms with Crippen LogP contribution < -0.4 is 11.1 Å². The van der Waals surface area contributed by atoms with Crippen LogP contribution in [0.1, 0.15) is 38.5 Å². The number of hydrogen-bond donors (Lipinski definition) is 3. The SMILES string of the molecule is NC1CCC(C(=O)NCC2(O)CCC2)C1. The molecule has 0 heterocycles. The molecule has 0 bridgehead atoms. The fourth-order valence-corrected chi connectivity index (χ4v) is 2.41. The molecule has 0 aromatic carbocycles. The zero-order chi connectivity index (χ0) is 10.9. The molecule has 86 valence electrons. The first kappa shape index (κ1) is 10.9. The van der Waals surface area contributed by atoms with E-state index in [1.54, 1.807) is 0 Å². The predicted octanol–water partition coefficient (Wildman–Crippen LogP) is 0.145. The van der Waals surface area contributed by atoms with Gasteiger partial charge in [0.2, 0.25) is 5.91 Å². The lowest BCUT2D eigenvalue weighted by molar-refractivity contribution is -0.127. The molecule has 2 aliphatic rings. The third-order valence-electron chi connectivity index (χ3n) is 3.72. The van der Waals surface area contributed by atoms with E-state index in [0.717, 1.165) is 38.5 Å². The molecule has 0 saturated heterocycles. The van der Waals surface area contributed by atoms with Gasteiger partial charge in [0.1, 0.15) is 0 Å². The highest BCUT2D eigenvalue weighted by atomic mass is 16.3. The Kier molecular flexibility index (Phi) is 2.98. The van der Waals surface area contributed by atoms with Crippen LogP contribution >= 0.6 is 0 Å². The van der Waals surface area contributed by atoms with E-state index >= 15 is 0 Å². The third-order valence-corrected chi connectivity index (χ3v) is 3.72. The Balaban J connectivity index is 1.72. The standard InChI is InChI=1S/C11H20N2O2/c12-9-3-2-8(6-9)10(14)13-7-11(15)4-1-5-11/h8-9,15H,1-7,12H2,(H,13,14). The van der Waals surface area contributed by atoms with E-state index in [9.17, 15) is 9.90 Å². The van der Waals surface area contributed by atoms with Crippen molar-refractivity contribution >= 4 is 5.91 Å². The van der Waals surface area contributed by atoms with Crippen molar-refractivity contribution < 1.29 is 9.90 Å². The van der Waals surface area contributed by atoms with Crippen molar-refractivity contribution in [2.75, 3.05) is 6.54 Å². The smallest absolute Gasteiger partial charge is 0.223 e. The Morgan fingerprint density at radius 3 is 2.67 bits per heavy atom. The summed E-state index contributed by atoms with van der Waals surface area (Å²) < 4.78 is 0. The van der Waals surface area contributed by atoms with Crippen LogP contribution in [-0.4, -0.2) is 29.2 Å². The Morgan fingerprint density at radius 1 is 1.47 bits per heavy atom. The monoisotopic (exact) mass is 212 g/mol. The maximum absolute atomic E-state index is 11.7. The van der Waals surface area contributed by atoms with Gasteiger partial charge in [-0.25, -0.2) is 0 Å². The molecule has 2 rings (SSSR count). The topological polar surface area (TPSA) is 75.4 Å². The minimum atomic E-state index is -0.615. The van der Waals surface area contributed by atoms with Crippen molar-refractivity contribution in [3.05, 3.63) is 0 Å². The van der Waals surface area contributed by atoms with Gasteiger partial charge in [-0.2, -0.15) is 0 Å². The summed E-state index contributed by atoms with van der Waals surface area (Å²) in [6.07, 6.45) is 5.34. The van der Waals surface area contributed by atoms with E-state index in [2.05, 4.69) is 5.32 Å². The van der Waals surface area contributed by atoms with Gasteiger partial charge in [-0.15, -0.1) is 0 Å². The second-order valence-electron chi connectivity index (χ2n) is 5.07. The molecule has 15 heavy (non-hydrogen) atoms. The van der Waals surface area contributed by atoms with Crippen LogP contribution in [0.15, 0.2) is 0 Å². The normalized spacial score (nSPS) is 33.5. The van der Waals surface area contributed by atoms with Gasteiger partial charge in [-0.3, -0.25) is 4.79 Å². The zero-order valence-electron chi connectivity index (χ0n) is 9.04. The third kappa shape index (κ3) is 2.49. The lowest BCUT2D eigenvalue weighted by Crippen LogP contribution is -2.48. The summed E-state index contributed by atoms with van der Waals surface area (Å²) in [7, 11) is 0. The summed E-state index contributed by atoms with van der Waals surface area (Å²) in [6.45, 7) is 0.414. The highest BCUT2D eigenvalue weighted by molar-refractivity contribution is 5.79. The first-order valence-corrected chi connectivity index (χ1v) is 5.85. The lowest BCUT2D eigenvalue weighted by Gasteiger charge is -2.36. The highest BCUT2D eigenvalue weighted by Crippen LogP contribution is 2.31. The summed E-state index contributed by atoms with van der Waals surface area (Å²) >= 11 is 0. The zero-order valence-corrected chi connectivity index (χ0v) is 9.04. The van der Waals surface area contributed by atoms with Gasteiger partial charge >= 0.3 is 0 Å². The quantitative estimate of drug-likeness (QED) is 0.623. The second-order valence-corrected chi connectivity index (χ2v) is 5.07. The van der Waals surface area contributed by atoms with Gasteiger partial charge < -0.3 is 16.2 Å². The Labute approximate surface area is 90.2 Å². The van der Waals surface area contributed by atoms with Gasteiger partial charge in [-0.1, -0.05) is 0 Å². The molecule has 2 atom stereocenters. The van der Waals surface area contributed by atoms with Crippen molar-refractivity contribution in [1.29, 1.82) is 0 Å². The van der Waals surface area contributed by atoms with E-state index in [-0.39, 0.29) is 17.9 Å². The van der Waals surface area contributed by atoms with Gasteiger partial charge in [-0.05, 0) is 38.5 Å². The number of nitrogens with one attached hydrogen (secondary N) is 1. The largest absolute Gasteiger partial charge is 0.388 e. The summed E-state index contributed by atoms with van der Waals surface area (Å²) in [5.41, 5.74) is 5.14. The number of nitrogens with two attached hydrogens (primary N) is 1. The van der Waals surface area contributed by atoms with E-state index in [1.807, 2.05) is 0 Å². The van der Waals surface area contributed by atoms with Crippen molar-refractivity contribution in [2.45, 2.75) is 50.2 Å². The van der Waals surface area contributed by atoms with E-state index < -0.39 is 5.60 Å². The van der Waals surface area contributed by atoms with Crippen molar-refractivity contribution in [1.82, 2.24) is 5.32 Å². The first-order valence-electron chi connectivity index (χ1n) is 5.85. The lowest BCUT2D eigenvalue weighted by atomic mass is 9.80. The fourth-order valence-electron chi connectivity index (χ4n) is 2.41. The number of aliphatic hydroxyl groups is 1. The van der Waals surface area contributed by atoms with Crippen LogP contribution in [0.5, 0.6) is 0 Å². The van der Waals surface area contributed by atoms with E-state index in [0.29, 0.717) is 6.54 Å². The Morgan fingerprint density at radius 2 is 2.20 bits per heavy atom. The number of carbonyl (C=O) groups excluding carboxylic acids is 1. The molecular weight excluding hydrogens is 192 g/mol. The Hall–Kier alpha value is -0.610. The van der Waals surface area contributed by atoms with Crippen LogP contribution in [0.3, 0.4) is 0 Å². The molecule has 4 heteroatoms. The molecular formula is C11H20N2O2. The molecule has 2 fully saturated rings. The fraction of sp³-hybridized carbons (Fsp3) is 0.909. The molecule has 0 aliphatic heterocycles. The molecule has 2 unspecified atom stereocenters. The average molecular weight is 212 g/mol. The van der Waals surface area contributed by atoms with Crippen LogP contribution in [-0.2, 0) is 4.79 Å². The number of hydrogen-bond acceptors (Lipinski definition) is 3. The van der Waals surface area contributed by atoms with Crippen LogP contribution in [0, 0.1) is 5.92 Å². The molecule has 0 aromatic rings. The van der Waals surface area contributed by atoms with Gasteiger partial charge in [0.05, 0.1) is 5.60 Å². The molecule has 2 saturated carbocycles.